The highest BCUT2D eigenvalue weighted by atomic mass is 32.2. The lowest BCUT2D eigenvalue weighted by molar-refractivity contribution is -0.140. The second-order valence-corrected chi connectivity index (χ2v) is 32.9. The van der Waals surface area contributed by atoms with Crippen molar-refractivity contribution in [3.05, 3.63) is 331 Å². The summed E-state index contributed by atoms with van der Waals surface area (Å²) < 4.78 is 167. The number of ether oxygens (including phenoxy) is 5. The molecule has 1 aliphatic heterocycles. The summed E-state index contributed by atoms with van der Waals surface area (Å²) in [4.78, 5) is 94.8. The molecule has 10 aromatic carbocycles. The van der Waals surface area contributed by atoms with Gasteiger partial charge in [-0.25, -0.2) is 32.2 Å². The molecule has 0 atom stereocenters. The van der Waals surface area contributed by atoms with Gasteiger partial charge >= 0.3 is 12.4 Å². The van der Waals surface area contributed by atoms with Gasteiger partial charge in [-0.15, -0.1) is 0 Å². The number of carbonyl (C=O) groups excluding carboxylic acids is 2. The number of hydrogen-bond donors (Lipinski definition) is 0. The number of halogens is 8. The number of methoxy groups -OCH3 is 3. The van der Waals surface area contributed by atoms with Crippen molar-refractivity contribution in [2.75, 3.05) is 114 Å². The third-order valence-corrected chi connectivity index (χ3v) is 24.0. The Labute approximate surface area is 750 Å². The molecule has 0 bridgehead atoms. The molecule has 4 aromatic heterocycles. The van der Waals surface area contributed by atoms with Gasteiger partial charge in [0.1, 0.15) is 52.1 Å². The van der Waals surface area contributed by atoms with Crippen molar-refractivity contribution in [1.82, 2.24) is 57.5 Å². The van der Waals surface area contributed by atoms with Gasteiger partial charge in [0.2, 0.25) is 21.8 Å². The largest absolute Gasteiger partial charge is 0.497 e. The first-order chi connectivity index (χ1) is 63.0. The summed E-state index contributed by atoms with van der Waals surface area (Å²) in [6.07, 6.45) is -7.41. The zero-order valence-corrected chi connectivity index (χ0v) is 73.5. The molecule has 1 aliphatic rings. The summed E-state index contributed by atoms with van der Waals surface area (Å²) >= 11 is 0. The molecule has 0 N–H and O–H groups in total. The maximum Gasteiger partial charge on any atom is 0.419 e. The molecule has 5 heterocycles. The Kier molecular flexibility index (Phi) is 31.3. The second kappa shape index (κ2) is 43.2. The van der Waals surface area contributed by atoms with Crippen LogP contribution in [0.1, 0.15) is 58.6 Å². The Balaban J connectivity index is 0.000000168. The smallest absolute Gasteiger partial charge is 0.419 e. The van der Waals surface area contributed by atoms with Crippen molar-refractivity contribution in [3.8, 4) is 40.1 Å². The van der Waals surface area contributed by atoms with Gasteiger partial charge in [-0.05, 0) is 214 Å². The average molecular weight is 1820 g/mol. The number of rotatable bonds is 32. The van der Waals surface area contributed by atoms with Gasteiger partial charge in [0, 0.05) is 96.3 Å². The molecule has 15 rings (SSSR count). The number of carbonyl (C=O) groups is 2. The maximum absolute atomic E-state index is 14.4. The lowest BCUT2D eigenvalue weighted by atomic mass is 10.1. The summed E-state index contributed by atoms with van der Waals surface area (Å²) in [5.74, 6) is 0.152. The standard InChI is InChI=1S/C36H28F4N4O3.C33H34F4N4O4.C29H34N4O5S/c1-47-26-13-11-25(12-14-26)44-33(42-32-9-5-3-7-28(32)35(44)46)17-19-43(22-24-16-18-41-31-8-4-2-6-27(24)31)34(45)21-23-10-15-29(30(37)20-23)36(38,39)40;1-44-25-10-8-24(9-11-25)41-30(38-29-6-3-2-5-26(29)32(41)43)13-16-40(15-4-14-39-17-19-45-20-18-39)31(42)22-23-7-12-27(28(34)21-23)33(35,36)37;1-5-38-24-12-10-22(11-13-24)33-28(30-27-9-7-6-8-26(27)29(33)34)18-19-32(21-20-31(2)3)39(35,36)25-16-14-23(37-4)15-17-25/h2-16,18,20H,17,19,21-22H2,1H3;2-3,5-12,21H,4,13-20,22H2,1H3;6-17H,5,18-21H2,1-4H3. The summed E-state index contributed by atoms with van der Waals surface area (Å²) in [7, 11) is 4.60. The van der Waals surface area contributed by atoms with Gasteiger partial charge < -0.3 is 38.4 Å². The van der Waals surface area contributed by atoms with Crippen LogP contribution in [0.25, 0.3) is 60.7 Å². The Hall–Kier alpha value is -13.6. The highest BCUT2D eigenvalue weighted by Gasteiger charge is 2.36. The van der Waals surface area contributed by atoms with Crippen LogP contribution in [0.2, 0.25) is 0 Å². The van der Waals surface area contributed by atoms with Crippen LogP contribution < -0.4 is 35.6 Å². The van der Waals surface area contributed by atoms with Crippen molar-refractivity contribution in [2.24, 2.45) is 0 Å². The third-order valence-electron chi connectivity index (χ3n) is 22.1. The van der Waals surface area contributed by atoms with Crippen LogP contribution in [-0.2, 0) is 75.4 Å². The number of aromatic nitrogens is 7. The third kappa shape index (κ3) is 23.7. The predicted molar refractivity (Wildman–Crippen MR) is 484 cm³/mol. The molecule has 0 saturated carbocycles. The van der Waals surface area contributed by atoms with E-state index in [1.165, 1.54) is 25.4 Å². The summed E-state index contributed by atoms with van der Waals surface area (Å²) in [6, 6.07) is 63.0. The first kappa shape index (κ1) is 95.0. The van der Waals surface area contributed by atoms with Crippen LogP contribution in [0, 0.1) is 11.6 Å². The Morgan fingerprint density at radius 2 is 0.855 bits per heavy atom. The molecule has 14 aromatic rings. The lowest BCUT2D eigenvalue weighted by Gasteiger charge is -2.28. The van der Waals surface area contributed by atoms with Gasteiger partial charge in [0.05, 0.1) is 125 Å². The van der Waals surface area contributed by atoms with E-state index in [9.17, 15) is 67.5 Å². The molecular formula is C98H96F8N12O12S. The molecule has 0 radical (unpaired) electrons. The number of para-hydroxylation sites is 4. The summed E-state index contributed by atoms with van der Waals surface area (Å²) in [6.45, 7) is 7.75. The average Bonchev–Trinajstić information content (AvgIpc) is 0.778. The van der Waals surface area contributed by atoms with Crippen LogP contribution in [0.5, 0.6) is 23.0 Å². The monoisotopic (exact) mass is 1820 g/mol. The van der Waals surface area contributed by atoms with Gasteiger partial charge in [-0.2, -0.15) is 30.6 Å². The molecule has 1 fully saturated rings. The number of fused-ring (bicyclic) bond motifs is 4. The van der Waals surface area contributed by atoms with Gasteiger partial charge in [-0.3, -0.25) is 47.6 Å². The van der Waals surface area contributed by atoms with E-state index < -0.39 is 51.0 Å². The van der Waals surface area contributed by atoms with E-state index in [-0.39, 0.29) is 103 Å². The normalized spacial score (nSPS) is 12.5. The number of morpholine rings is 1. The van der Waals surface area contributed by atoms with E-state index in [1.54, 1.807) is 175 Å². The number of pyridine rings is 1. The van der Waals surface area contributed by atoms with E-state index in [0.29, 0.717) is 142 Å². The molecule has 131 heavy (non-hydrogen) atoms. The van der Waals surface area contributed by atoms with Crippen LogP contribution in [0.3, 0.4) is 0 Å². The van der Waals surface area contributed by atoms with E-state index in [1.807, 2.05) is 80.5 Å². The topological polar surface area (TPSA) is 248 Å². The van der Waals surface area contributed by atoms with Crippen molar-refractivity contribution < 1.29 is 76.8 Å². The molecule has 0 unspecified atom stereocenters. The number of amides is 2. The van der Waals surface area contributed by atoms with Crippen LogP contribution >= 0.6 is 0 Å². The van der Waals surface area contributed by atoms with Crippen molar-refractivity contribution in [1.29, 1.82) is 0 Å². The minimum absolute atomic E-state index is 0.0968. The summed E-state index contributed by atoms with van der Waals surface area (Å²) in [5.41, 5.74) is 1.60. The van der Waals surface area contributed by atoms with Gasteiger partial charge in [0.25, 0.3) is 16.7 Å². The second-order valence-electron chi connectivity index (χ2n) is 31.0. The number of sulfonamides is 1. The molecular weight excluding hydrogens is 1720 g/mol. The minimum Gasteiger partial charge on any atom is -0.497 e. The number of nitrogens with zero attached hydrogens (tertiary/aromatic N) is 12. The van der Waals surface area contributed by atoms with Crippen LogP contribution in [0.15, 0.2) is 262 Å². The Morgan fingerprint density at radius 1 is 0.458 bits per heavy atom. The highest BCUT2D eigenvalue weighted by molar-refractivity contribution is 7.89. The zero-order chi connectivity index (χ0) is 93.1. The van der Waals surface area contributed by atoms with E-state index in [0.717, 1.165) is 60.4 Å². The van der Waals surface area contributed by atoms with E-state index in [4.69, 9.17) is 38.6 Å². The van der Waals surface area contributed by atoms with E-state index in [2.05, 4.69) is 9.88 Å². The van der Waals surface area contributed by atoms with E-state index >= 15 is 0 Å². The van der Waals surface area contributed by atoms with Crippen LogP contribution in [-0.4, -0.2) is 192 Å². The number of benzene rings is 10. The highest BCUT2D eigenvalue weighted by Crippen LogP contribution is 2.35. The molecule has 24 nitrogen and oxygen atoms in total. The fourth-order valence-corrected chi connectivity index (χ4v) is 16.7. The van der Waals surface area contributed by atoms with Gasteiger partial charge in [0.15, 0.2) is 0 Å². The molecule has 0 spiro atoms. The maximum atomic E-state index is 14.4. The summed E-state index contributed by atoms with van der Waals surface area (Å²) in [5, 5.41) is 2.19. The van der Waals surface area contributed by atoms with Crippen molar-refractivity contribution >= 4 is 65.4 Å². The lowest BCUT2D eigenvalue weighted by Crippen LogP contribution is -2.40. The SMILES string of the molecule is CCOc1ccc(-n2c(CCN(CCN(C)C)S(=O)(=O)c3ccc(OC)cc3)nc3ccccc3c2=O)cc1.COc1ccc(-n2c(CCN(CCCN3CCOCC3)C(=O)Cc3ccc(C(F)(F)F)c(F)c3)nc3ccccc3c2=O)cc1.COc1ccc(-n2c(CCN(Cc3ccnc4ccccc34)C(=O)Cc3ccc(C(F)(F)F)c(F)c3)nc3ccccc3c2=O)cc1. The van der Waals surface area contributed by atoms with Crippen molar-refractivity contribution in [2.45, 2.75) is 69.2 Å². The molecule has 682 valence electrons. The first-order valence-electron chi connectivity index (χ1n) is 42.2. The number of hydrogen-bond acceptors (Lipinski definition) is 18. The predicted octanol–water partition coefficient (Wildman–Crippen LogP) is 15.4. The van der Waals surface area contributed by atoms with Gasteiger partial charge in [-0.1, -0.05) is 66.7 Å². The Bertz CT molecular complexity index is 6660. The Morgan fingerprint density at radius 3 is 1.27 bits per heavy atom. The molecule has 1 saturated heterocycles. The minimum atomic E-state index is -4.85. The first-order valence-corrected chi connectivity index (χ1v) is 43.7. The van der Waals surface area contributed by atoms with Crippen molar-refractivity contribution in [3.63, 3.8) is 0 Å². The number of alkyl halides is 6. The zero-order valence-electron chi connectivity index (χ0n) is 72.7. The number of likely N-dealkylation sites (N-methyl/N-ethyl adjacent to an activating group) is 1. The molecule has 2 amide bonds. The van der Waals surface area contributed by atoms with Crippen LogP contribution in [0.4, 0.5) is 35.1 Å². The molecule has 33 heteroatoms. The fourth-order valence-electron chi connectivity index (χ4n) is 15.2. The molecule has 0 aliphatic carbocycles. The fraction of sp³-hybridized carbons (Fsp3) is 0.276. The quantitative estimate of drug-likeness (QED) is 0.0355.